The summed E-state index contributed by atoms with van der Waals surface area (Å²) in [6, 6.07) is 17.1. The van der Waals surface area contributed by atoms with Crippen LogP contribution in [-0.4, -0.2) is 22.2 Å². The van der Waals surface area contributed by atoms with Gasteiger partial charge in [0.05, 0.1) is 18.3 Å². The first-order chi connectivity index (χ1) is 14.1. The Bertz CT molecular complexity index is 1160. The van der Waals surface area contributed by atoms with Crippen molar-refractivity contribution >= 4 is 11.8 Å². The molecule has 0 aliphatic heterocycles. The fourth-order valence-corrected chi connectivity index (χ4v) is 3.65. The van der Waals surface area contributed by atoms with Gasteiger partial charge in [-0.15, -0.1) is 0 Å². The summed E-state index contributed by atoms with van der Waals surface area (Å²) in [6.07, 6.45) is 1.51. The predicted octanol–water partition coefficient (Wildman–Crippen LogP) is 4.41. The van der Waals surface area contributed by atoms with Crippen LogP contribution in [0.5, 0.6) is 17.4 Å². The first-order valence-electron chi connectivity index (χ1n) is 8.75. The number of ether oxygens (including phenoxy) is 2. The Balaban J connectivity index is 1.43. The van der Waals surface area contributed by atoms with E-state index in [-0.39, 0.29) is 11.6 Å². The van der Waals surface area contributed by atoms with Gasteiger partial charge in [0, 0.05) is 4.90 Å². The van der Waals surface area contributed by atoms with Gasteiger partial charge in [-0.3, -0.25) is 9.97 Å². The third kappa shape index (κ3) is 4.33. The van der Waals surface area contributed by atoms with Crippen molar-refractivity contribution in [3.63, 3.8) is 0 Å². The van der Waals surface area contributed by atoms with Gasteiger partial charge >= 0.3 is 5.69 Å². The van der Waals surface area contributed by atoms with E-state index in [2.05, 4.69) is 9.97 Å². The molecule has 0 radical (unpaired) electrons. The van der Waals surface area contributed by atoms with E-state index in [1.54, 1.807) is 13.2 Å². The molecule has 0 amide bonds. The van der Waals surface area contributed by atoms with Crippen LogP contribution in [0.25, 0.3) is 11.5 Å². The van der Waals surface area contributed by atoms with Crippen molar-refractivity contribution in [2.75, 3.05) is 7.11 Å². The van der Waals surface area contributed by atoms with Crippen LogP contribution in [0.1, 0.15) is 5.56 Å². The third-order valence-corrected chi connectivity index (χ3v) is 5.20. The predicted molar refractivity (Wildman–Crippen MR) is 109 cm³/mol. The molecule has 2 aromatic heterocycles. The quantitative estimate of drug-likeness (QED) is 0.417. The average Bonchev–Trinajstić information content (AvgIpc) is 3.32. The maximum absolute atomic E-state index is 11.4. The minimum atomic E-state index is -0.498. The first-order valence-corrected chi connectivity index (χ1v) is 9.57. The number of hydrogen-bond donors (Lipinski definition) is 3. The number of H-pyrrole nitrogens is 2. The maximum atomic E-state index is 11.4. The first kappa shape index (κ1) is 18.8. The Labute approximate surface area is 170 Å². The van der Waals surface area contributed by atoms with Gasteiger partial charge in [0.1, 0.15) is 23.8 Å². The second-order valence-corrected chi connectivity index (χ2v) is 7.25. The number of nitrogens with one attached hydrogen (secondary N) is 2. The Morgan fingerprint density at radius 3 is 2.62 bits per heavy atom. The van der Waals surface area contributed by atoms with Gasteiger partial charge in [-0.05, 0) is 48.0 Å². The largest absolute Gasteiger partial charge is 0.497 e. The monoisotopic (exact) mass is 410 g/mol. The number of benzene rings is 2. The summed E-state index contributed by atoms with van der Waals surface area (Å²) in [5, 5.41) is 9.84. The normalized spacial score (nSPS) is 10.8. The number of furan rings is 1. The summed E-state index contributed by atoms with van der Waals surface area (Å²) < 4.78 is 16.5. The van der Waals surface area contributed by atoms with E-state index >= 15 is 0 Å². The van der Waals surface area contributed by atoms with Crippen LogP contribution in [-0.2, 0) is 6.61 Å². The Morgan fingerprint density at radius 2 is 1.90 bits per heavy atom. The highest BCUT2D eigenvalue weighted by Gasteiger charge is 2.17. The molecule has 0 saturated carbocycles. The van der Waals surface area contributed by atoms with Crippen LogP contribution in [0.15, 0.2) is 79.9 Å². The number of rotatable bonds is 7. The fraction of sp³-hybridized carbons (Fsp3) is 0.0952. The summed E-state index contributed by atoms with van der Waals surface area (Å²) in [7, 11) is 1.64. The van der Waals surface area contributed by atoms with E-state index in [0.717, 1.165) is 26.9 Å². The van der Waals surface area contributed by atoms with Crippen LogP contribution in [0.3, 0.4) is 0 Å². The van der Waals surface area contributed by atoms with Crippen molar-refractivity contribution in [1.29, 1.82) is 0 Å². The summed E-state index contributed by atoms with van der Waals surface area (Å²) in [5.74, 6) is 1.68. The zero-order valence-electron chi connectivity index (χ0n) is 15.5. The number of aromatic hydroxyl groups is 1. The lowest BCUT2D eigenvalue weighted by Crippen LogP contribution is -2.00. The Morgan fingerprint density at radius 1 is 1.07 bits per heavy atom. The third-order valence-electron chi connectivity index (χ3n) is 4.15. The van der Waals surface area contributed by atoms with Gasteiger partial charge in [-0.2, -0.15) is 0 Å². The highest BCUT2D eigenvalue weighted by atomic mass is 32.2. The molecule has 0 fully saturated rings. The standard InChI is InChI=1S/C21H18N2O5S/c1-26-15-4-2-3-13(11-15)12-28-14-5-7-16(8-6-14)29-17-9-10-27-19(17)18-20(24)23-21(25)22-18/h2-11,24H,12H2,1H3,(H2,22,23,25). The highest BCUT2D eigenvalue weighted by molar-refractivity contribution is 7.99. The number of aromatic nitrogens is 2. The molecule has 29 heavy (non-hydrogen) atoms. The van der Waals surface area contributed by atoms with Gasteiger partial charge in [0.2, 0.25) is 5.88 Å². The topological polar surface area (TPSA) is 100 Å². The Kier molecular flexibility index (Phi) is 5.35. The second-order valence-electron chi connectivity index (χ2n) is 6.13. The van der Waals surface area contributed by atoms with Gasteiger partial charge in [0.25, 0.3) is 0 Å². The van der Waals surface area contributed by atoms with E-state index in [0.29, 0.717) is 12.4 Å². The molecule has 0 spiro atoms. The molecule has 0 saturated heterocycles. The summed E-state index contributed by atoms with van der Waals surface area (Å²) >= 11 is 1.45. The molecule has 2 aromatic carbocycles. The number of hydrogen-bond acceptors (Lipinski definition) is 6. The average molecular weight is 410 g/mol. The molecule has 4 aromatic rings. The van der Waals surface area contributed by atoms with Crippen LogP contribution in [0.2, 0.25) is 0 Å². The van der Waals surface area contributed by atoms with E-state index in [1.165, 1.54) is 18.0 Å². The number of methoxy groups -OCH3 is 1. The molecule has 0 bridgehead atoms. The number of aromatic amines is 2. The molecule has 3 N–H and O–H groups in total. The summed E-state index contributed by atoms with van der Waals surface area (Å²) in [4.78, 5) is 17.9. The van der Waals surface area contributed by atoms with E-state index in [1.807, 2.05) is 48.5 Å². The van der Waals surface area contributed by atoms with Crippen LogP contribution >= 0.6 is 11.8 Å². The molecule has 0 unspecified atom stereocenters. The molecule has 0 aliphatic rings. The van der Waals surface area contributed by atoms with Crippen molar-refractivity contribution < 1.29 is 19.0 Å². The Hall–Kier alpha value is -3.52. The molecular formula is C21H18N2O5S. The summed E-state index contributed by atoms with van der Waals surface area (Å²) in [5.41, 5.74) is 0.745. The summed E-state index contributed by atoms with van der Waals surface area (Å²) in [6.45, 7) is 0.440. The molecule has 2 heterocycles. The van der Waals surface area contributed by atoms with E-state index < -0.39 is 5.69 Å². The molecule has 148 valence electrons. The molecule has 4 rings (SSSR count). The zero-order valence-corrected chi connectivity index (χ0v) is 16.3. The van der Waals surface area contributed by atoms with Crippen LogP contribution < -0.4 is 15.2 Å². The maximum Gasteiger partial charge on any atom is 0.326 e. The van der Waals surface area contributed by atoms with Gasteiger partial charge in [-0.25, -0.2) is 4.79 Å². The van der Waals surface area contributed by atoms with Crippen molar-refractivity contribution in [2.24, 2.45) is 0 Å². The van der Waals surface area contributed by atoms with Crippen molar-refractivity contribution in [2.45, 2.75) is 16.4 Å². The lowest BCUT2D eigenvalue weighted by atomic mass is 10.2. The smallest absolute Gasteiger partial charge is 0.326 e. The zero-order chi connectivity index (χ0) is 20.2. The number of imidazole rings is 1. The van der Waals surface area contributed by atoms with Gasteiger partial charge in [0.15, 0.2) is 5.76 Å². The molecule has 0 aliphatic carbocycles. The minimum absolute atomic E-state index is 0.223. The van der Waals surface area contributed by atoms with Gasteiger partial charge < -0.3 is 19.0 Å². The van der Waals surface area contributed by atoms with E-state index in [9.17, 15) is 9.90 Å². The van der Waals surface area contributed by atoms with Crippen molar-refractivity contribution in [1.82, 2.24) is 9.97 Å². The van der Waals surface area contributed by atoms with Crippen LogP contribution in [0.4, 0.5) is 0 Å². The van der Waals surface area contributed by atoms with Crippen molar-refractivity contribution in [3.05, 3.63) is 76.9 Å². The molecule has 0 atom stereocenters. The lowest BCUT2D eigenvalue weighted by molar-refractivity contribution is 0.305. The van der Waals surface area contributed by atoms with Crippen LogP contribution in [0, 0.1) is 0 Å². The fourth-order valence-electron chi connectivity index (χ4n) is 2.76. The molecule has 8 heteroatoms. The SMILES string of the molecule is COc1cccc(COc2ccc(Sc3ccoc3-c3[nH]c(=O)[nH]c3O)cc2)c1. The highest BCUT2D eigenvalue weighted by Crippen LogP contribution is 2.38. The van der Waals surface area contributed by atoms with Crippen molar-refractivity contribution in [3.8, 4) is 28.8 Å². The minimum Gasteiger partial charge on any atom is -0.497 e. The van der Waals surface area contributed by atoms with E-state index in [4.69, 9.17) is 13.9 Å². The molecular weight excluding hydrogens is 392 g/mol. The lowest BCUT2D eigenvalue weighted by Gasteiger charge is -2.08. The second kappa shape index (κ2) is 8.24. The molecule has 7 nitrogen and oxygen atoms in total. The van der Waals surface area contributed by atoms with Gasteiger partial charge in [-0.1, -0.05) is 23.9 Å².